The summed E-state index contributed by atoms with van der Waals surface area (Å²) in [7, 11) is 0. The number of halogens is 1. The average Bonchev–Trinajstić information content (AvgIpc) is 2.30. The number of rotatable bonds is 2. The van der Waals surface area contributed by atoms with Gasteiger partial charge in [-0.1, -0.05) is 0 Å². The summed E-state index contributed by atoms with van der Waals surface area (Å²) < 4.78 is 18.3. The largest absolute Gasteiger partial charge is 0.384 e. The molecule has 1 aliphatic heterocycles. The van der Waals surface area contributed by atoms with E-state index >= 15 is 0 Å². The third-order valence-electron chi connectivity index (χ3n) is 2.60. The number of nitrogens with zero attached hydrogens (tertiary/aromatic N) is 1. The van der Waals surface area contributed by atoms with Gasteiger partial charge in [-0.2, -0.15) is 0 Å². The fourth-order valence-corrected chi connectivity index (χ4v) is 1.80. The molecule has 0 amide bonds. The van der Waals surface area contributed by atoms with Gasteiger partial charge in [-0.3, -0.25) is 5.41 Å². The zero-order chi connectivity index (χ0) is 11.5. The molecule has 86 valence electrons. The third kappa shape index (κ3) is 2.14. The summed E-state index contributed by atoms with van der Waals surface area (Å²) in [4.78, 5) is 2.06. The molecule has 0 radical (unpaired) electrons. The van der Waals surface area contributed by atoms with Crippen LogP contribution in [0.4, 0.5) is 10.1 Å². The highest BCUT2D eigenvalue weighted by Crippen LogP contribution is 2.22. The Labute approximate surface area is 93.3 Å². The number of anilines is 1. The summed E-state index contributed by atoms with van der Waals surface area (Å²) >= 11 is 0. The first-order valence-electron chi connectivity index (χ1n) is 5.15. The van der Waals surface area contributed by atoms with E-state index in [4.69, 9.17) is 15.9 Å². The number of hydrogen-bond donors (Lipinski definition) is 2. The lowest BCUT2D eigenvalue weighted by atomic mass is 10.1. The molecule has 0 aliphatic carbocycles. The SMILES string of the molecule is N=C(N)c1cc(F)ccc1N1CCOCC1. The normalized spacial score (nSPS) is 16.2. The van der Waals surface area contributed by atoms with Crippen molar-refractivity contribution in [1.29, 1.82) is 5.41 Å². The maximum Gasteiger partial charge on any atom is 0.125 e. The van der Waals surface area contributed by atoms with Crippen LogP contribution in [0.25, 0.3) is 0 Å². The molecule has 1 aromatic rings. The Morgan fingerprint density at radius 1 is 1.38 bits per heavy atom. The van der Waals surface area contributed by atoms with Gasteiger partial charge in [-0.05, 0) is 18.2 Å². The number of morpholine rings is 1. The van der Waals surface area contributed by atoms with Crippen molar-refractivity contribution in [2.75, 3.05) is 31.2 Å². The van der Waals surface area contributed by atoms with Crippen LogP contribution in [0.15, 0.2) is 18.2 Å². The van der Waals surface area contributed by atoms with Gasteiger partial charge < -0.3 is 15.4 Å². The first-order valence-corrected chi connectivity index (χ1v) is 5.15. The van der Waals surface area contributed by atoms with Gasteiger partial charge in [0.1, 0.15) is 11.7 Å². The van der Waals surface area contributed by atoms with Crippen LogP contribution in [0.3, 0.4) is 0 Å². The van der Waals surface area contributed by atoms with E-state index in [9.17, 15) is 4.39 Å². The van der Waals surface area contributed by atoms with Crippen molar-refractivity contribution in [3.63, 3.8) is 0 Å². The number of nitrogens with one attached hydrogen (secondary N) is 1. The molecular formula is C11H14FN3O. The highest BCUT2D eigenvalue weighted by atomic mass is 19.1. The molecular weight excluding hydrogens is 209 g/mol. The van der Waals surface area contributed by atoms with E-state index in [-0.39, 0.29) is 11.7 Å². The molecule has 16 heavy (non-hydrogen) atoms. The summed E-state index contributed by atoms with van der Waals surface area (Å²) in [5.41, 5.74) is 6.70. The van der Waals surface area contributed by atoms with Gasteiger partial charge in [-0.25, -0.2) is 4.39 Å². The molecule has 0 aromatic heterocycles. The van der Waals surface area contributed by atoms with Crippen LogP contribution in [-0.2, 0) is 4.74 Å². The minimum atomic E-state index is -0.373. The van der Waals surface area contributed by atoms with Crippen molar-refractivity contribution in [2.45, 2.75) is 0 Å². The first-order chi connectivity index (χ1) is 7.68. The predicted molar refractivity (Wildman–Crippen MR) is 60.4 cm³/mol. The molecule has 0 spiro atoms. The highest BCUT2D eigenvalue weighted by molar-refractivity contribution is 6.00. The highest BCUT2D eigenvalue weighted by Gasteiger charge is 2.16. The molecule has 4 nitrogen and oxygen atoms in total. The van der Waals surface area contributed by atoms with E-state index in [1.54, 1.807) is 6.07 Å². The molecule has 0 saturated carbocycles. The van der Waals surface area contributed by atoms with Crippen LogP contribution in [0, 0.1) is 11.2 Å². The maximum atomic E-state index is 13.1. The van der Waals surface area contributed by atoms with Gasteiger partial charge in [0.05, 0.1) is 13.2 Å². The number of ether oxygens (including phenoxy) is 1. The van der Waals surface area contributed by atoms with Gasteiger partial charge in [0.15, 0.2) is 0 Å². The van der Waals surface area contributed by atoms with Gasteiger partial charge in [0, 0.05) is 24.3 Å². The second-order valence-electron chi connectivity index (χ2n) is 3.67. The van der Waals surface area contributed by atoms with Crippen LogP contribution in [0.2, 0.25) is 0 Å². The van der Waals surface area contributed by atoms with E-state index in [2.05, 4.69) is 4.90 Å². The Kier molecular flexibility index (Phi) is 3.05. The summed E-state index contributed by atoms with van der Waals surface area (Å²) in [5.74, 6) is -0.483. The molecule has 0 unspecified atom stereocenters. The van der Waals surface area contributed by atoms with Crippen molar-refractivity contribution in [1.82, 2.24) is 0 Å². The topological polar surface area (TPSA) is 62.3 Å². The van der Waals surface area contributed by atoms with Gasteiger partial charge in [0.25, 0.3) is 0 Å². The third-order valence-corrected chi connectivity index (χ3v) is 2.60. The number of benzene rings is 1. The predicted octanol–water partition coefficient (Wildman–Crippen LogP) is 0.946. The molecule has 1 saturated heterocycles. The molecule has 1 heterocycles. The van der Waals surface area contributed by atoms with Crippen LogP contribution < -0.4 is 10.6 Å². The molecule has 0 atom stereocenters. The standard InChI is InChI=1S/C11H14FN3O/c12-8-1-2-10(9(7-8)11(13)14)15-3-5-16-6-4-15/h1-2,7H,3-6H2,(H3,13,14). The Hall–Kier alpha value is -1.62. The Morgan fingerprint density at radius 3 is 2.69 bits per heavy atom. The molecule has 1 aromatic carbocycles. The quantitative estimate of drug-likeness (QED) is 0.579. The number of nitrogen functional groups attached to an aromatic ring is 1. The summed E-state index contributed by atoms with van der Waals surface area (Å²) in [5, 5.41) is 7.44. The van der Waals surface area contributed by atoms with Crippen LogP contribution in [0.1, 0.15) is 5.56 Å². The number of nitrogens with two attached hydrogens (primary N) is 1. The molecule has 5 heteroatoms. The summed E-state index contributed by atoms with van der Waals surface area (Å²) in [6, 6.07) is 4.35. The Morgan fingerprint density at radius 2 is 2.06 bits per heavy atom. The second-order valence-corrected chi connectivity index (χ2v) is 3.67. The zero-order valence-corrected chi connectivity index (χ0v) is 8.87. The lowest BCUT2D eigenvalue weighted by molar-refractivity contribution is 0.122. The van der Waals surface area contributed by atoms with E-state index in [0.717, 1.165) is 18.8 Å². The number of hydrogen-bond acceptors (Lipinski definition) is 3. The molecule has 1 fully saturated rings. The van der Waals surface area contributed by atoms with E-state index in [0.29, 0.717) is 18.8 Å². The van der Waals surface area contributed by atoms with Crippen LogP contribution >= 0.6 is 0 Å². The van der Waals surface area contributed by atoms with E-state index < -0.39 is 0 Å². The summed E-state index contributed by atoms with van der Waals surface area (Å²) in [6.45, 7) is 2.78. The maximum absolute atomic E-state index is 13.1. The fourth-order valence-electron chi connectivity index (χ4n) is 1.80. The van der Waals surface area contributed by atoms with Crippen molar-refractivity contribution in [3.8, 4) is 0 Å². The van der Waals surface area contributed by atoms with Gasteiger partial charge in [-0.15, -0.1) is 0 Å². The van der Waals surface area contributed by atoms with E-state index in [1.807, 2.05) is 0 Å². The van der Waals surface area contributed by atoms with Crippen molar-refractivity contribution < 1.29 is 9.13 Å². The number of amidine groups is 1. The minimum Gasteiger partial charge on any atom is -0.384 e. The van der Waals surface area contributed by atoms with E-state index in [1.165, 1.54) is 12.1 Å². The monoisotopic (exact) mass is 223 g/mol. The Balaban J connectivity index is 2.34. The van der Waals surface area contributed by atoms with Gasteiger partial charge >= 0.3 is 0 Å². The van der Waals surface area contributed by atoms with Crippen LogP contribution in [0.5, 0.6) is 0 Å². The van der Waals surface area contributed by atoms with Crippen LogP contribution in [-0.4, -0.2) is 32.1 Å². The van der Waals surface area contributed by atoms with Gasteiger partial charge in [0.2, 0.25) is 0 Å². The van der Waals surface area contributed by atoms with Crippen molar-refractivity contribution in [3.05, 3.63) is 29.6 Å². The minimum absolute atomic E-state index is 0.110. The Bertz CT molecular complexity index is 402. The molecule has 2 rings (SSSR count). The lowest BCUT2D eigenvalue weighted by Gasteiger charge is -2.30. The lowest BCUT2D eigenvalue weighted by Crippen LogP contribution is -2.37. The average molecular weight is 223 g/mol. The fraction of sp³-hybridized carbons (Fsp3) is 0.364. The first kappa shape index (κ1) is 10.9. The zero-order valence-electron chi connectivity index (χ0n) is 8.87. The second kappa shape index (κ2) is 4.49. The molecule has 1 aliphatic rings. The van der Waals surface area contributed by atoms with Crippen molar-refractivity contribution >= 4 is 11.5 Å². The smallest absolute Gasteiger partial charge is 0.125 e. The summed E-state index contributed by atoms with van der Waals surface area (Å²) in [6.07, 6.45) is 0. The molecule has 3 N–H and O–H groups in total. The molecule has 0 bridgehead atoms. The van der Waals surface area contributed by atoms with Crippen molar-refractivity contribution in [2.24, 2.45) is 5.73 Å².